The van der Waals surface area contributed by atoms with Gasteiger partial charge in [-0.2, -0.15) is 0 Å². The SMILES string of the molecule is CC(C)Sc1ccc(CC(=O)Nc2nnc(-c3ccc(Br)cc3)o2)cc1. The van der Waals surface area contributed by atoms with E-state index in [2.05, 4.69) is 45.3 Å². The summed E-state index contributed by atoms with van der Waals surface area (Å²) in [7, 11) is 0. The first-order valence-electron chi connectivity index (χ1n) is 8.14. The van der Waals surface area contributed by atoms with Crippen LogP contribution in [0, 0.1) is 0 Å². The molecule has 0 bridgehead atoms. The average molecular weight is 432 g/mol. The standard InChI is InChI=1S/C19H18BrN3O2S/c1-12(2)26-16-9-3-13(4-10-16)11-17(24)21-19-23-22-18(25-19)14-5-7-15(20)8-6-14/h3-10,12H,11H2,1-2H3,(H,21,23,24). The van der Waals surface area contributed by atoms with Gasteiger partial charge in [-0.25, -0.2) is 0 Å². The van der Waals surface area contributed by atoms with E-state index in [9.17, 15) is 4.79 Å². The molecule has 7 heteroatoms. The van der Waals surface area contributed by atoms with Crippen molar-refractivity contribution >= 4 is 39.6 Å². The molecule has 0 saturated carbocycles. The van der Waals surface area contributed by atoms with Gasteiger partial charge in [-0.15, -0.1) is 16.9 Å². The van der Waals surface area contributed by atoms with Crippen molar-refractivity contribution in [1.82, 2.24) is 10.2 Å². The molecular formula is C19H18BrN3O2S. The quantitative estimate of drug-likeness (QED) is 0.544. The summed E-state index contributed by atoms with van der Waals surface area (Å²) in [6, 6.07) is 15.6. The first-order valence-corrected chi connectivity index (χ1v) is 9.82. The lowest BCUT2D eigenvalue weighted by molar-refractivity contribution is -0.115. The Morgan fingerprint density at radius 1 is 1.12 bits per heavy atom. The van der Waals surface area contributed by atoms with Crippen molar-refractivity contribution in [3.63, 3.8) is 0 Å². The Morgan fingerprint density at radius 2 is 1.81 bits per heavy atom. The smallest absolute Gasteiger partial charge is 0.322 e. The van der Waals surface area contributed by atoms with Crippen LogP contribution in [0.25, 0.3) is 11.5 Å². The Bertz CT molecular complexity index is 877. The fourth-order valence-corrected chi connectivity index (χ4v) is 3.39. The van der Waals surface area contributed by atoms with E-state index < -0.39 is 0 Å². The molecular weight excluding hydrogens is 414 g/mol. The molecule has 0 atom stereocenters. The van der Waals surface area contributed by atoms with Crippen molar-refractivity contribution in [2.75, 3.05) is 5.32 Å². The van der Waals surface area contributed by atoms with Gasteiger partial charge < -0.3 is 4.42 Å². The summed E-state index contributed by atoms with van der Waals surface area (Å²) in [5.74, 6) is 0.170. The summed E-state index contributed by atoms with van der Waals surface area (Å²) in [6.45, 7) is 4.30. The first kappa shape index (κ1) is 18.7. The molecule has 5 nitrogen and oxygen atoms in total. The summed E-state index contributed by atoms with van der Waals surface area (Å²) in [6.07, 6.45) is 0.253. The van der Waals surface area contributed by atoms with Gasteiger partial charge in [0, 0.05) is 20.2 Å². The molecule has 0 spiro atoms. The van der Waals surface area contributed by atoms with Crippen LogP contribution in [0.2, 0.25) is 0 Å². The van der Waals surface area contributed by atoms with E-state index in [0.29, 0.717) is 11.1 Å². The second-order valence-corrected chi connectivity index (χ2v) is 8.52. The highest BCUT2D eigenvalue weighted by Gasteiger charge is 2.12. The van der Waals surface area contributed by atoms with Crippen molar-refractivity contribution in [1.29, 1.82) is 0 Å². The van der Waals surface area contributed by atoms with Gasteiger partial charge in [0.25, 0.3) is 0 Å². The number of nitrogens with zero attached hydrogens (tertiary/aromatic N) is 2. The number of carbonyl (C=O) groups excluding carboxylic acids is 1. The molecule has 0 aliphatic carbocycles. The molecule has 0 fully saturated rings. The number of halogens is 1. The van der Waals surface area contributed by atoms with E-state index in [0.717, 1.165) is 15.6 Å². The number of aromatic nitrogens is 2. The Kier molecular flexibility index (Phi) is 6.11. The van der Waals surface area contributed by atoms with Crippen molar-refractivity contribution in [3.05, 3.63) is 58.6 Å². The van der Waals surface area contributed by atoms with Crippen LogP contribution in [-0.4, -0.2) is 21.4 Å². The third-order valence-corrected chi connectivity index (χ3v) is 4.97. The Labute approximate surface area is 164 Å². The second kappa shape index (κ2) is 8.51. The van der Waals surface area contributed by atoms with Crippen molar-refractivity contribution < 1.29 is 9.21 Å². The van der Waals surface area contributed by atoms with Crippen LogP contribution < -0.4 is 5.32 Å². The third-order valence-electron chi connectivity index (χ3n) is 3.42. The molecule has 134 valence electrons. The molecule has 0 radical (unpaired) electrons. The maximum absolute atomic E-state index is 12.2. The largest absolute Gasteiger partial charge is 0.403 e. The lowest BCUT2D eigenvalue weighted by Crippen LogP contribution is -2.14. The molecule has 3 rings (SSSR count). The van der Waals surface area contributed by atoms with E-state index >= 15 is 0 Å². The van der Waals surface area contributed by atoms with Crippen LogP contribution in [-0.2, 0) is 11.2 Å². The van der Waals surface area contributed by atoms with Gasteiger partial charge in [0.05, 0.1) is 6.42 Å². The first-order chi connectivity index (χ1) is 12.5. The molecule has 0 unspecified atom stereocenters. The lowest BCUT2D eigenvalue weighted by Gasteiger charge is -2.06. The van der Waals surface area contributed by atoms with Crippen molar-refractivity contribution in [2.45, 2.75) is 30.4 Å². The summed E-state index contributed by atoms with van der Waals surface area (Å²) in [5, 5.41) is 11.0. The molecule has 1 aromatic heterocycles. The van der Waals surface area contributed by atoms with Gasteiger partial charge in [0.1, 0.15) is 0 Å². The Morgan fingerprint density at radius 3 is 2.46 bits per heavy atom. The van der Waals surface area contributed by atoms with Crippen LogP contribution in [0.5, 0.6) is 0 Å². The fraction of sp³-hybridized carbons (Fsp3) is 0.211. The van der Waals surface area contributed by atoms with Gasteiger partial charge in [-0.05, 0) is 42.0 Å². The molecule has 1 heterocycles. The van der Waals surface area contributed by atoms with Gasteiger partial charge in [-0.1, -0.05) is 47.0 Å². The van der Waals surface area contributed by atoms with Gasteiger partial charge in [-0.3, -0.25) is 10.1 Å². The molecule has 1 amide bonds. The zero-order valence-electron chi connectivity index (χ0n) is 14.4. The van der Waals surface area contributed by atoms with E-state index in [1.54, 1.807) is 11.8 Å². The topological polar surface area (TPSA) is 68.0 Å². The summed E-state index contributed by atoms with van der Waals surface area (Å²) in [5.41, 5.74) is 1.72. The van der Waals surface area contributed by atoms with E-state index in [-0.39, 0.29) is 18.3 Å². The summed E-state index contributed by atoms with van der Waals surface area (Å²) in [4.78, 5) is 13.4. The molecule has 3 aromatic rings. The number of anilines is 1. The monoisotopic (exact) mass is 431 g/mol. The zero-order valence-corrected chi connectivity index (χ0v) is 16.8. The average Bonchev–Trinajstić information content (AvgIpc) is 3.05. The molecule has 0 aliphatic rings. The minimum atomic E-state index is -0.194. The molecule has 0 saturated heterocycles. The van der Waals surface area contributed by atoms with E-state index in [1.165, 1.54) is 4.90 Å². The van der Waals surface area contributed by atoms with Gasteiger partial charge >= 0.3 is 6.01 Å². The molecule has 2 aromatic carbocycles. The maximum atomic E-state index is 12.2. The summed E-state index contributed by atoms with van der Waals surface area (Å²) < 4.78 is 6.47. The highest BCUT2D eigenvalue weighted by atomic mass is 79.9. The maximum Gasteiger partial charge on any atom is 0.322 e. The van der Waals surface area contributed by atoms with Crippen LogP contribution in [0.3, 0.4) is 0 Å². The minimum Gasteiger partial charge on any atom is -0.403 e. The lowest BCUT2D eigenvalue weighted by atomic mass is 10.1. The minimum absolute atomic E-state index is 0.0971. The number of carbonyl (C=O) groups is 1. The number of rotatable bonds is 6. The Balaban J connectivity index is 1.59. The number of hydrogen-bond donors (Lipinski definition) is 1. The van der Waals surface area contributed by atoms with Crippen molar-refractivity contribution in [3.8, 4) is 11.5 Å². The van der Waals surface area contributed by atoms with Gasteiger partial charge in [0.2, 0.25) is 11.8 Å². The number of benzene rings is 2. The number of amides is 1. The number of hydrogen-bond acceptors (Lipinski definition) is 5. The van der Waals surface area contributed by atoms with Crippen LogP contribution in [0.1, 0.15) is 19.4 Å². The number of nitrogens with one attached hydrogen (secondary N) is 1. The fourth-order valence-electron chi connectivity index (χ4n) is 2.29. The van der Waals surface area contributed by atoms with Crippen molar-refractivity contribution in [2.24, 2.45) is 0 Å². The normalized spacial score (nSPS) is 10.9. The van der Waals surface area contributed by atoms with E-state index in [1.807, 2.05) is 48.5 Å². The van der Waals surface area contributed by atoms with Crippen LogP contribution >= 0.6 is 27.7 Å². The molecule has 26 heavy (non-hydrogen) atoms. The molecule has 1 N–H and O–H groups in total. The highest BCUT2D eigenvalue weighted by molar-refractivity contribution is 9.10. The molecule has 0 aliphatic heterocycles. The van der Waals surface area contributed by atoms with E-state index in [4.69, 9.17) is 4.42 Å². The van der Waals surface area contributed by atoms with Gasteiger partial charge in [0.15, 0.2) is 0 Å². The Hall–Kier alpha value is -2.12. The van der Waals surface area contributed by atoms with Crippen LogP contribution in [0.15, 0.2) is 62.3 Å². The predicted octanol–water partition coefficient (Wildman–Crippen LogP) is 5.18. The summed E-state index contributed by atoms with van der Waals surface area (Å²) >= 11 is 5.17. The zero-order chi connectivity index (χ0) is 18.5. The predicted molar refractivity (Wildman–Crippen MR) is 107 cm³/mol. The highest BCUT2D eigenvalue weighted by Crippen LogP contribution is 2.24. The number of thioether (sulfide) groups is 1. The third kappa shape index (κ3) is 5.19. The second-order valence-electron chi connectivity index (χ2n) is 5.95. The van der Waals surface area contributed by atoms with Crippen LogP contribution in [0.4, 0.5) is 6.01 Å².